The number of anilines is 1. The minimum absolute atomic E-state index is 0.0154. The SMILES string of the molecule is CC(O)CC1CCCN1CC(=O)N1CCc2ccc([N+](=O)[O-])cc21. The normalized spacial score (nSPS) is 21.8. The predicted octanol–water partition coefficient (Wildman–Crippen LogP) is 1.72. The van der Waals surface area contributed by atoms with Crippen molar-refractivity contribution < 1.29 is 14.8 Å². The molecule has 0 aliphatic carbocycles. The number of aliphatic hydroxyl groups excluding tert-OH is 1. The van der Waals surface area contributed by atoms with E-state index in [1.165, 1.54) is 12.1 Å². The largest absolute Gasteiger partial charge is 0.393 e. The topological polar surface area (TPSA) is 86.9 Å². The van der Waals surface area contributed by atoms with Crippen LogP contribution in [-0.4, -0.2) is 52.6 Å². The quantitative estimate of drug-likeness (QED) is 0.655. The molecule has 2 unspecified atom stereocenters. The molecule has 0 spiro atoms. The molecule has 1 saturated heterocycles. The summed E-state index contributed by atoms with van der Waals surface area (Å²) >= 11 is 0. The van der Waals surface area contributed by atoms with Crippen molar-refractivity contribution in [1.29, 1.82) is 0 Å². The van der Waals surface area contributed by atoms with Gasteiger partial charge in [0.2, 0.25) is 5.91 Å². The summed E-state index contributed by atoms with van der Waals surface area (Å²) in [6, 6.07) is 4.97. The Bertz CT molecular complexity index is 647. The molecular formula is C17H23N3O4. The molecule has 0 aromatic heterocycles. The molecule has 2 atom stereocenters. The van der Waals surface area contributed by atoms with E-state index in [1.54, 1.807) is 17.9 Å². The Hall–Kier alpha value is -1.99. The molecule has 7 heteroatoms. The molecule has 0 bridgehead atoms. The summed E-state index contributed by atoms with van der Waals surface area (Å²) in [5.74, 6) is -0.0215. The van der Waals surface area contributed by atoms with E-state index in [4.69, 9.17) is 0 Å². The zero-order valence-electron chi connectivity index (χ0n) is 13.9. The highest BCUT2D eigenvalue weighted by atomic mass is 16.6. The number of hydrogen-bond acceptors (Lipinski definition) is 5. The van der Waals surface area contributed by atoms with Gasteiger partial charge in [-0.05, 0) is 44.7 Å². The Morgan fingerprint density at radius 3 is 2.96 bits per heavy atom. The highest BCUT2D eigenvalue weighted by Gasteiger charge is 2.31. The smallest absolute Gasteiger partial charge is 0.271 e. The maximum atomic E-state index is 12.7. The molecular weight excluding hydrogens is 310 g/mol. The first-order valence-electron chi connectivity index (χ1n) is 8.45. The van der Waals surface area contributed by atoms with Gasteiger partial charge in [-0.1, -0.05) is 6.07 Å². The van der Waals surface area contributed by atoms with Crippen molar-refractivity contribution in [3.63, 3.8) is 0 Å². The van der Waals surface area contributed by atoms with E-state index >= 15 is 0 Å². The Balaban J connectivity index is 1.71. The summed E-state index contributed by atoms with van der Waals surface area (Å²) in [5.41, 5.74) is 1.66. The van der Waals surface area contributed by atoms with Gasteiger partial charge in [-0.3, -0.25) is 19.8 Å². The molecule has 0 saturated carbocycles. The maximum absolute atomic E-state index is 12.7. The average molecular weight is 333 g/mol. The van der Waals surface area contributed by atoms with Crippen molar-refractivity contribution in [2.24, 2.45) is 0 Å². The second-order valence-corrected chi connectivity index (χ2v) is 6.72. The third kappa shape index (κ3) is 3.42. The van der Waals surface area contributed by atoms with Crippen LogP contribution in [0.5, 0.6) is 0 Å². The summed E-state index contributed by atoms with van der Waals surface area (Å²) in [7, 11) is 0. The van der Waals surface area contributed by atoms with Gasteiger partial charge in [0, 0.05) is 24.7 Å². The molecule has 1 aromatic carbocycles. The number of non-ortho nitro benzene ring substituents is 1. The lowest BCUT2D eigenvalue weighted by Crippen LogP contribution is -2.42. The number of nitro benzene ring substituents is 1. The van der Waals surface area contributed by atoms with Gasteiger partial charge in [-0.25, -0.2) is 0 Å². The second kappa shape index (κ2) is 6.86. The van der Waals surface area contributed by atoms with Gasteiger partial charge in [-0.15, -0.1) is 0 Å². The monoisotopic (exact) mass is 333 g/mol. The summed E-state index contributed by atoms with van der Waals surface area (Å²) < 4.78 is 0. The molecule has 7 nitrogen and oxygen atoms in total. The van der Waals surface area contributed by atoms with Crippen LogP contribution in [0.2, 0.25) is 0 Å². The first kappa shape index (κ1) is 16.9. The number of benzene rings is 1. The zero-order chi connectivity index (χ0) is 17.3. The second-order valence-electron chi connectivity index (χ2n) is 6.72. The van der Waals surface area contributed by atoms with Crippen molar-refractivity contribution in [3.05, 3.63) is 33.9 Å². The van der Waals surface area contributed by atoms with E-state index in [0.717, 1.165) is 31.4 Å². The molecule has 0 radical (unpaired) electrons. The molecule has 1 fully saturated rings. The maximum Gasteiger partial charge on any atom is 0.271 e. The number of hydrogen-bond donors (Lipinski definition) is 1. The first-order chi connectivity index (χ1) is 11.5. The van der Waals surface area contributed by atoms with E-state index in [1.807, 2.05) is 0 Å². The van der Waals surface area contributed by atoms with Crippen molar-refractivity contribution in [3.8, 4) is 0 Å². The van der Waals surface area contributed by atoms with Gasteiger partial charge >= 0.3 is 0 Å². The van der Waals surface area contributed by atoms with E-state index in [-0.39, 0.29) is 23.7 Å². The first-order valence-corrected chi connectivity index (χ1v) is 8.45. The fraction of sp³-hybridized carbons (Fsp3) is 0.588. The molecule has 130 valence electrons. The van der Waals surface area contributed by atoms with Crippen molar-refractivity contribution in [2.45, 2.75) is 44.8 Å². The predicted molar refractivity (Wildman–Crippen MR) is 90.0 cm³/mol. The molecule has 24 heavy (non-hydrogen) atoms. The molecule has 2 aliphatic rings. The van der Waals surface area contributed by atoms with Crippen molar-refractivity contribution in [2.75, 3.05) is 24.5 Å². The number of carbonyl (C=O) groups is 1. The van der Waals surface area contributed by atoms with Crippen LogP contribution in [0.1, 0.15) is 31.7 Å². The zero-order valence-corrected chi connectivity index (χ0v) is 13.9. The molecule has 1 amide bonds. The van der Waals surface area contributed by atoms with Crippen LogP contribution in [0.15, 0.2) is 18.2 Å². The Labute approximate surface area is 141 Å². The van der Waals surface area contributed by atoms with E-state index < -0.39 is 4.92 Å². The van der Waals surface area contributed by atoms with Gasteiger partial charge in [0.15, 0.2) is 0 Å². The number of fused-ring (bicyclic) bond motifs is 1. The Morgan fingerprint density at radius 2 is 2.25 bits per heavy atom. The lowest BCUT2D eigenvalue weighted by molar-refractivity contribution is -0.384. The summed E-state index contributed by atoms with van der Waals surface area (Å²) in [6.45, 7) is 3.51. The summed E-state index contributed by atoms with van der Waals surface area (Å²) in [4.78, 5) is 27.1. The van der Waals surface area contributed by atoms with Gasteiger partial charge in [0.25, 0.3) is 5.69 Å². The molecule has 3 rings (SSSR count). The Morgan fingerprint density at radius 1 is 1.46 bits per heavy atom. The average Bonchev–Trinajstić information content (AvgIpc) is 3.13. The van der Waals surface area contributed by atoms with Crippen LogP contribution in [0.3, 0.4) is 0 Å². The molecule has 1 N–H and O–H groups in total. The highest BCUT2D eigenvalue weighted by molar-refractivity contribution is 5.97. The number of carbonyl (C=O) groups excluding carboxylic acids is 1. The molecule has 2 aliphatic heterocycles. The van der Waals surface area contributed by atoms with Crippen LogP contribution >= 0.6 is 0 Å². The summed E-state index contributed by atoms with van der Waals surface area (Å²) in [5, 5.41) is 20.6. The summed E-state index contributed by atoms with van der Waals surface area (Å²) in [6.07, 6.45) is 3.07. The number of rotatable bonds is 5. The van der Waals surface area contributed by atoms with E-state index in [2.05, 4.69) is 4.90 Å². The number of aliphatic hydroxyl groups is 1. The van der Waals surface area contributed by atoms with Gasteiger partial charge in [0.05, 0.1) is 23.3 Å². The van der Waals surface area contributed by atoms with E-state index in [0.29, 0.717) is 25.2 Å². The third-order valence-corrected chi connectivity index (χ3v) is 4.93. The lowest BCUT2D eigenvalue weighted by atomic mass is 10.1. The number of nitrogens with zero attached hydrogens (tertiary/aromatic N) is 3. The minimum Gasteiger partial charge on any atom is -0.393 e. The molecule has 2 heterocycles. The van der Waals surface area contributed by atoms with Crippen molar-refractivity contribution in [1.82, 2.24) is 4.90 Å². The fourth-order valence-electron chi connectivity index (χ4n) is 3.76. The third-order valence-electron chi connectivity index (χ3n) is 4.93. The van der Waals surface area contributed by atoms with Crippen molar-refractivity contribution >= 4 is 17.3 Å². The number of nitro groups is 1. The highest BCUT2D eigenvalue weighted by Crippen LogP contribution is 2.32. The van der Waals surface area contributed by atoms with Gasteiger partial charge in [0.1, 0.15) is 0 Å². The van der Waals surface area contributed by atoms with Crippen LogP contribution < -0.4 is 4.90 Å². The minimum atomic E-state index is -0.430. The van der Waals surface area contributed by atoms with E-state index in [9.17, 15) is 20.0 Å². The van der Waals surface area contributed by atoms with Crippen LogP contribution in [0.4, 0.5) is 11.4 Å². The molecule has 1 aromatic rings. The van der Waals surface area contributed by atoms with Crippen LogP contribution in [0, 0.1) is 10.1 Å². The van der Waals surface area contributed by atoms with Crippen LogP contribution in [-0.2, 0) is 11.2 Å². The van der Waals surface area contributed by atoms with Crippen LogP contribution in [0.25, 0.3) is 0 Å². The van der Waals surface area contributed by atoms with Gasteiger partial charge in [-0.2, -0.15) is 0 Å². The number of amides is 1. The van der Waals surface area contributed by atoms with Gasteiger partial charge < -0.3 is 10.0 Å². The fourth-order valence-corrected chi connectivity index (χ4v) is 3.76. The Kier molecular flexibility index (Phi) is 4.82. The number of likely N-dealkylation sites (tertiary alicyclic amines) is 1. The standard InChI is InChI=1S/C17H23N3O4/c1-12(21)9-14-3-2-7-18(14)11-17(22)19-8-6-13-4-5-15(20(23)24)10-16(13)19/h4-5,10,12,14,21H,2-3,6-9,11H2,1H3. The lowest BCUT2D eigenvalue weighted by Gasteiger charge is -2.27.